The van der Waals surface area contributed by atoms with Crippen molar-refractivity contribution in [3.63, 3.8) is 0 Å². The van der Waals surface area contributed by atoms with Gasteiger partial charge in [-0.05, 0) is 47.3 Å². The summed E-state index contributed by atoms with van der Waals surface area (Å²) in [5.74, 6) is 0. The van der Waals surface area contributed by atoms with E-state index in [2.05, 4.69) is 31.9 Å². The molecule has 1 aromatic rings. The summed E-state index contributed by atoms with van der Waals surface area (Å²) >= 11 is 6.51. The highest BCUT2D eigenvalue weighted by atomic mass is 79.9. The lowest BCUT2D eigenvalue weighted by Gasteiger charge is -2.19. The Morgan fingerprint density at radius 1 is 1.25 bits per heavy atom. The van der Waals surface area contributed by atoms with Crippen LogP contribution in [-0.2, 0) is 10.0 Å². The van der Waals surface area contributed by atoms with Crippen LogP contribution in [0.3, 0.4) is 0 Å². The van der Waals surface area contributed by atoms with Crippen molar-refractivity contribution >= 4 is 47.6 Å². The van der Waals surface area contributed by atoms with Gasteiger partial charge in [-0.25, -0.2) is 12.7 Å². The summed E-state index contributed by atoms with van der Waals surface area (Å²) in [6.45, 7) is 0.520. The molecule has 0 fully saturated rings. The first-order valence-corrected chi connectivity index (χ1v) is 9.15. The molecular formula is C12H18Br2N2O3S. The fourth-order valence-electron chi connectivity index (χ4n) is 1.75. The van der Waals surface area contributed by atoms with Crippen LogP contribution in [0.4, 0.5) is 5.69 Å². The van der Waals surface area contributed by atoms with Gasteiger partial charge in [0.1, 0.15) is 4.90 Å². The average Bonchev–Trinajstić information content (AvgIpc) is 2.32. The molecule has 0 saturated heterocycles. The van der Waals surface area contributed by atoms with Gasteiger partial charge in [0.25, 0.3) is 0 Å². The van der Waals surface area contributed by atoms with Gasteiger partial charge < -0.3 is 10.8 Å². The number of benzene rings is 1. The first-order chi connectivity index (χ1) is 9.30. The van der Waals surface area contributed by atoms with Gasteiger partial charge in [0.05, 0.1) is 5.69 Å². The molecule has 114 valence electrons. The average molecular weight is 430 g/mol. The summed E-state index contributed by atoms with van der Waals surface area (Å²) in [5, 5.41) is 8.71. The highest BCUT2D eigenvalue weighted by Gasteiger charge is 2.26. The van der Waals surface area contributed by atoms with Crippen LogP contribution in [0.1, 0.15) is 19.3 Å². The second-order valence-corrected chi connectivity index (χ2v) is 8.17. The van der Waals surface area contributed by atoms with E-state index < -0.39 is 10.0 Å². The minimum absolute atomic E-state index is 0.0883. The van der Waals surface area contributed by atoms with Gasteiger partial charge in [0, 0.05) is 29.1 Å². The minimum atomic E-state index is -3.63. The standard InChI is InChI=1S/C12H18Br2N2O3S/c1-16(5-3-2-4-6-17)20(18,19)12-10(14)7-9(13)8-11(12)15/h7-8,17H,2-6,15H2,1H3. The highest BCUT2D eigenvalue weighted by molar-refractivity contribution is 9.11. The van der Waals surface area contributed by atoms with Crippen LogP contribution >= 0.6 is 31.9 Å². The summed E-state index contributed by atoms with van der Waals surface area (Å²) in [7, 11) is -2.10. The Bertz CT molecular complexity index is 541. The van der Waals surface area contributed by atoms with Gasteiger partial charge in [-0.15, -0.1) is 0 Å². The molecule has 1 rings (SSSR count). The number of halogens is 2. The Morgan fingerprint density at radius 3 is 2.45 bits per heavy atom. The molecule has 0 aliphatic carbocycles. The largest absolute Gasteiger partial charge is 0.398 e. The fourth-order valence-corrected chi connectivity index (χ4v) is 4.97. The van der Waals surface area contributed by atoms with Gasteiger partial charge >= 0.3 is 0 Å². The zero-order chi connectivity index (χ0) is 15.3. The Morgan fingerprint density at radius 2 is 1.90 bits per heavy atom. The van der Waals surface area contributed by atoms with Gasteiger partial charge in [-0.1, -0.05) is 15.9 Å². The number of sulfonamides is 1. The van der Waals surface area contributed by atoms with Gasteiger partial charge in [0.2, 0.25) is 10.0 Å². The third kappa shape index (κ3) is 4.42. The quantitative estimate of drug-likeness (QED) is 0.515. The van der Waals surface area contributed by atoms with Crippen LogP contribution in [0.25, 0.3) is 0 Å². The number of anilines is 1. The second-order valence-electron chi connectivity index (χ2n) is 4.42. The Balaban J connectivity index is 2.93. The van der Waals surface area contributed by atoms with Gasteiger partial charge in [-0.2, -0.15) is 0 Å². The fraction of sp³-hybridized carbons (Fsp3) is 0.500. The van der Waals surface area contributed by atoms with E-state index in [1.165, 1.54) is 11.4 Å². The zero-order valence-corrected chi connectivity index (χ0v) is 15.1. The van der Waals surface area contributed by atoms with Crippen LogP contribution in [0.5, 0.6) is 0 Å². The normalized spacial score (nSPS) is 12.1. The van der Waals surface area contributed by atoms with Crippen molar-refractivity contribution in [2.24, 2.45) is 0 Å². The molecule has 3 N–H and O–H groups in total. The molecule has 0 heterocycles. The summed E-state index contributed by atoms with van der Waals surface area (Å²) < 4.78 is 27.4. The summed E-state index contributed by atoms with van der Waals surface area (Å²) in [5.41, 5.74) is 6.03. The monoisotopic (exact) mass is 428 g/mol. The smallest absolute Gasteiger partial charge is 0.245 e. The van der Waals surface area contributed by atoms with Crippen molar-refractivity contribution in [2.75, 3.05) is 25.9 Å². The molecular weight excluding hydrogens is 412 g/mol. The Kier molecular flexibility index (Phi) is 6.93. The molecule has 0 amide bonds. The van der Waals surface area contributed by atoms with Crippen LogP contribution in [0.2, 0.25) is 0 Å². The summed E-state index contributed by atoms with van der Waals surface area (Å²) in [4.78, 5) is 0.0883. The lowest BCUT2D eigenvalue weighted by molar-refractivity contribution is 0.281. The van der Waals surface area contributed by atoms with Crippen molar-refractivity contribution < 1.29 is 13.5 Å². The van der Waals surface area contributed by atoms with Gasteiger partial charge in [0.15, 0.2) is 0 Å². The minimum Gasteiger partial charge on any atom is -0.398 e. The molecule has 0 bridgehead atoms. The number of aliphatic hydroxyl groups excluding tert-OH is 1. The highest BCUT2D eigenvalue weighted by Crippen LogP contribution is 2.33. The third-order valence-electron chi connectivity index (χ3n) is 2.84. The Hall–Kier alpha value is -0.150. The zero-order valence-electron chi connectivity index (χ0n) is 11.1. The van der Waals surface area contributed by atoms with Crippen LogP contribution in [-0.4, -0.2) is 38.0 Å². The number of aliphatic hydroxyl groups is 1. The molecule has 0 atom stereocenters. The second kappa shape index (κ2) is 7.74. The van der Waals surface area contributed by atoms with E-state index >= 15 is 0 Å². The van der Waals surface area contributed by atoms with E-state index in [0.717, 1.165) is 6.42 Å². The van der Waals surface area contributed by atoms with E-state index in [9.17, 15) is 8.42 Å². The molecule has 5 nitrogen and oxygen atoms in total. The SMILES string of the molecule is CN(CCCCCO)S(=O)(=O)c1c(N)cc(Br)cc1Br. The number of unbranched alkanes of at least 4 members (excludes halogenated alkanes) is 2. The maximum Gasteiger partial charge on any atom is 0.245 e. The van der Waals surface area contributed by atoms with Crippen molar-refractivity contribution in [2.45, 2.75) is 24.2 Å². The Labute approximate surface area is 136 Å². The number of rotatable bonds is 7. The summed E-state index contributed by atoms with van der Waals surface area (Å²) in [6, 6.07) is 3.22. The van der Waals surface area contributed by atoms with E-state index in [0.29, 0.717) is 28.3 Å². The number of hydrogen-bond acceptors (Lipinski definition) is 4. The van der Waals surface area contributed by atoms with Crippen molar-refractivity contribution in [3.8, 4) is 0 Å². The van der Waals surface area contributed by atoms with Crippen LogP contribution in [0.15, 0.2) is 26.0 Å². The maximum absolute atomic E-state index is 12.5. The molecule has 0 radical (unpaired) electrons. The van der Waals surface area contributed by atoms with Gasteiger partial charge in [-0.3, -0.25) is 0 Å². The van der Waals surface area contributed by atoms with E-state index in [1.807, 2.05) is 0 Å². The number of nitrogen functional groups attached to an aromatic ring is 1. The van der Waals surface area contributed by atoms with Crippen molar-refractivity contribution in [3.05, 3.63) is 21.1 Å². The lowest BCUT2D eigenvalue weighted by Crippen LogP contribution is -2.29. The molecule has 8 heteroatoms. The third-order valence-corrected chi connectivity index (χ3v) is 6.16. The molecule has 0 aliphatic heterocycles. The molecule has 0 aromatic heterocycles. The molecule has 0 aliphatic rings. The van der Waals surface area contributed by atoms with Crippen molar-refractivity contribution in [1.82, 2.24) is 4.31 Å². The molecule has 0 spiro atoms. The molecule has 0 unspecified atom stereocenters. The predicted octanol–water partition coefficient (Wildman–Crippen LogP) is 2.58. The predicted molar refractivity (Wildman–Crippen MR) is 87.0 cm³/mol. The molecule has 20 heavy (non-hydrogen) atoms. The maximum atomic E-state index is 12.5. The first-order valence-electron chi connectivity index (χ1n) is 6.12. The van der Waals surface area contributed by atoms with E-state index in [1.54, 1.807) is 12.1 Å². The topological polar surface area (TPSA) is 83.6 Å². The molecule has 1 aromatic carbocycles. The van der Waals surface area contributed by atoms with E-state index in [-0.39, 0.29) is 17.2 Å². The lowest BCUT2D eigenvalue weighted by atomic mass is 10.2. The van der Waals surface area contributed by atoms with Crippen molar-refractivity contribution in [1.29, 1.82) is 0 Å². The van der Waals surface area contributed by atoms with E-state index in [4.69, 9.17) is 10.8 Å². The number of hydrogen-bond donors (Lipinski definition) is 2. The summed E-state index contributed by atoms with van der Waals surface area (Å²) in [6.07, 6.45) is 2.16. The number of nitrogens with zero attached hydrogens (tertiary/aromatic N) is 1. The van der Waals surface area contributed by atoms with Crippen LogP contribution < -0.4 is 5.73 Å². The number of nitrogens with two attached hydrogens (primary N) is 1. The van der Waals surface area contributed by atoms with Crippen LogP contribution in [0, 0.1) is 0 Å². The first kappa shape index (κ1) is 17.9. The molecule has 0 saturated carbocycles.